The molecule has 1 aromatic heterocycles. The molecule has 5 fully saturated rings. The molecule has 7 atom stereocenters. The topological polar surface area (TPSA) is 219 Å². The summed E-state index contributed by atoms with van der Waals surface area (Å²) in [6.07, 6.45) is 7.72. The average molecular weight is 697 g/mol. The number of thioether (sulfide) groups is 1. The smallest absolute Gasteiger partial charge is 0.360 e. The molecule has 258 valence electrons. The highest BCUT2D eigenvalue weighted by Crippen LogP contribution is 2.54. The van der Waals surface area contributed by atoms with Crippen molar-refractivity contribution < 1.29 is 47.3 Å². The lowest BCUT2D eigenvalue weighted by Crippen LogP contribution is -2.65. The number of rotatable bonds is 8. The van der Waals surface area contributed by atoms with Gasteiger partial charge in [-0.25, -0.2) is 18.0 Å². The number of aliphatic imine (C=N–C) groups is 1. The summed E-state index contributed by atoms with van der Waals surface area (Å²) in [5.41, 5.74) is -0.105. The fourth-order valence-electron chi connectivity index (χ4n) is 7.22. The van der Waals surface area contributed by atoms with Gasteiger partial charge >= 0.3 is 17.9 Å². The summed E-state index contributed by atoms with van der Waals surface area (Å²) in [6.45, 7) is 8.51. The van der Waals surface area contributed by atoms with E-state index in [-0.39, 0.29) is 42.3 Å². The zero-order valence-electron chi connectivity index (χ0n) is 26.6. The molecule has 5 heterocycles. The molecule has 0 aromatic carbocycles. The molecule has 0 radical (unpaired) electrons. The SMILES string of the molecule is CC1(C)S[C@@H]2[C@H](N=CN3CCCCCC3)C(=O)N2[C@H]1C(=O)O.CCOC(=O)c1cn(C[C@@]2(C)[C@H](C(=O)O)C3C(=O)CC3S2(=O)=O)nn1. The number of aromatic nitrogens is 3. The van der Waals surface area contributed by atoms with Crippen molar-refractivity contribution in [3.8, 4) is 0 Å². The number of ether oxygens (including phenoxy) is 1. The highest BCUT2D eigenvalue weighted by atomic mass is 32.2. The summed E-state index contributed by atoms with van der Waals surface area (Å²) in [4.78, 5) is 67.0. The Morgan fingerprint density at radius 2 is 1.77 bits per heavy atom. The zero-order valence-corrected chi connectivity index (χ0v) is 28.3. The fourth-order valence-corrected chi connectivity index (χ4v) is 11.5. The van der Waals surface area contributed by atoms with E-state index in [0.29, 0.717) is 0 Å². The first kappa shape index (κ1) is 34.8. The van der Waals surface area contributed by atoms with E-state index in [9.17, 15) is 42.6 Å². The summed E-state index contributed by atoms with van der Waals surface area (Å²) in [5, 5.41) is 25.1. The first-order valence-corrected chi connectivity index (χ1v) is 18.0. The number of carboxylic acids is 2. The van der Waals surface area contributed by atoms with Crippen LogP contribution in [0.25, 0.3) is 0 Å². The molecule has 2 N–H and O–H groups in total. The van der Waals surface area contributed by atoms with Crippen LogP contribution in [0.2, 0.25) is 0 Å². The molecule has 0 bridgehead atoms. The van der Waals surface area contributed by atoms with Gasteiger partial charge in [0.2, 0.25) is 0 Å². The number of likely N-dealkylation sites (tertiary alicyclic amines) is 1. The first-order valence-electron chi connectivity index (χ1n) is 15.6. The Kier molecular flexibility index (Phi) is 9.49. The van der Waals surface area contributed by atoms with Crippen molar-refractivity contribution in [3.63, 3.8) is 0 Å². The Bertz CT molecular complexity index is 1590. The number of nitrogens with zero attached hydrogens (tertiary/aromatic N) is 6. The van der Waals surface area contributed by atoms with Crippen LogP contribution in [0.4, 0.5) is 0 Å². The Balaban J connectivity index is 0.000000186. The second-order valence-electron chi connectivity index (χ2n) is 13.2. The van der Waals surface area contributed by atoms with E-state index in [1.54, 1.807) is 18.7 Å². The quantitative estimate of drug-likeness (QED) is 0.166. The Hall–Kier alpha value is -3.54. The van der Waals surface area contributed by atoms with Crippen molar-refractivity contribution in [2.24, 2.45) is 16.8 Å². The second-order valence-corrected chi connectivity index (χ2v) is 17.6. The number of Topliss-reactive ketones (excluding diaryl/α,β-unsaturated/α-hetero) is 1. The van der Waals surface area contributed by atoms with Gasteiger partial charge in [-0.05, 0) is 40.5 Å². The molecule has 16 nitrogen and oxygen atoms in total. The minimum atomic E-state index is -3.88. The first-order chi connectivity index (χ1) is 22.0. The Morgan fingerprint density at radius 3 is 2.34 bits per heavy atom. The monoisotopic (exact) mass is 696 g/mol. The van der Waals surface area contributed by atoms with Gasteiger partial charge in [0.1, 0.15) is 21.9 Å². The minimum absolute atomic E-state index is 0.105. The van der Waals surface area contributed by atoms with E-state index in [0.717, 1.165) is 17.8 Å². The predicted octanol–water partition coefficient (Wildman–Crippen LogP) is 0.707. The normalized spacial score (nSPS) is 33.5. The molecule has 0 spiro atoms. The van der Waals surface area contributed by atoms with Crippen LogP contribution in [0.1, 0.15) is 70.3 Å². The number of carbonyl (C=O) groups excluding carboxylic acids is 3. The lowest BCUT2D eigenvalue weighted by molar-refractivity contribution is -0.158. The van der Waals surface area contributed by atoms with Gasteiger partial charge < -0.3 is 24.7 Å². The van der Waals surface area contributed by atoms with E-state index in [1.807, 2.05) is 20.2 Å². The lowest BCUT2D eigenvalue weighted by atomic mass is 9.70. The Morgan fingerprint density at radius 1 is 1.11 bits per heavy atom. The number of hydrogen-bond donors (Lipinski definition) is 2. The van der Waals surface area contributed by atoms with Crippen LogP contribution in [0.3, 0.4) is 0 Å². The molecule has 4 aliphatic heterocycles. The number of ketones is 1. The molecule has 4 saturated heterocycles. The summed E-state index contributed by atoms with van der Waals surface area (Å²) in [6, 6.07) is -1.17. The number of aliphatic carboxylic acids is 2. The highest BCUT2D eigenvalue weighted by molar-refractivity contribution is 8.01. The molecule has 47 heavy (non-hydrogen) atoms. The second kappa shape index (κ2) is 12.8. The van der Waals surface area contributed by atoms with Crippen molar-refractivity contribution in [1.29, 1.82) is 0 Å². The molecule has 18 heteroatoms. The van der Waals surface area contributed by atoms with Gasteiger partial charge in [0.25, 0.3) is 5.91 Å². The van der Waals surface area contributed by atoms with Crippen LogP contribution in [-0.2, 0) is 40.3 Å². The molecule has 6 rings (SSSR count). The van der Waals surface area contributed by atoms with E-state index >= 15 is 0 Å². The average Bonchev–Trinajstić information content (AvgIpc) is 3.48. The number of β-lactam (4-membered cyclic amide) rings is 1. The number of sulfone groups is 1. The van der Waals surface area contributed by atoms with Crippen molar-refractivity contribution in [2.45, 2.75) is 98.5 Å². The third kappa shape index (κ3) is 6.02. The van der Waals surface area contributed by atoms with Crippen molar-refractivity contribution in [2.75, 3.05) is 19.7 Å². The maximum atomic E-state index is 12.8. The summed E-state index contributed by atoms with van der Waals surface area (Å²) in [7, 11) is -3.88. The third-order valence-corrected chi connectivity index (χ3v) is 14.2. The molecule has 1 aromatic rings. The van der Waals surface area contributed by atoms with E-state index in [4.69, 9.17) is 4.74 Å². The lowest BCUT2D eigenvalue weighted by Gasteiger charge is -2.41. The van der Waals surface area contributed by atoms with Crippen molar-refractivity contribution >= 4 is 57.5 Å². The molecular weight excluding hydrogens is 656 g/mol. The van der Waals surface area contributed by atoms with Gasteiger partial charge in [0.05, 0.1) is 36.9 Å². The predicted molar refractivity (Wildman–Crippen MR) is 167 cm³/mol. The molecule has 5 aliphatic rings. The Labute approximate surface area is 276 Å². The zero-order chi connectivity index (χ0) is 34.5. The number of fused-ring (bicyclic) bond motifs is 2. The maximum Gasteiger partial charge on any atom is 0.360 e. The molecule has 1 aliphatic carbocycles. The van der Waals surface area contributed by atoms with Crippen LogP contribution in [0.15, 0.2) is 11.2 Å². The third-order valence-electron chi connectivity index (χ3n) is 9.68. The fraction of sp³-hybridized carbons (Fsp3) is 0.724. The largest absolute Gasteiger partial charge is 0.481 e. The molecule has 2 unspecified atom stereocenters. The van der Waals surface area contributed by atoms with Gasteiger partial charge in [-0.2, -0.15) is 0 Å². The van der Waals surface area contributed by atoms with Crippen LogP contribution in [0.5, 0.6) is 0 Å². The standard InChI is InChI=1S/C15H23N3O3S.C14H17N3O7S/c1-15(2)11(14(20)21)18-12(19)10(13(18)22-15)16-9-17-7-5-3-4-6-8-17;1-3-24-13(21)7-5-17(16-15-7)6-14(2)11(12(19)20)10-8(18)4-9(10)25(14,22)23/h9-11,13H,3-8H2,1-2H3,(H,20,21);5,9-11H,3-4,6H2,1-2H3,(H,19,20)/t10-,11+,13-;9?,10?,11-,14-/m10/s1. The highest BCUT2D eigenvalue weighted by Gasteiger charge is 2.71. The van der Waals surface area contributed by atoms with Gasteiger partial charge in [0, 0.05) is 30.2 Å². The van der Waals surface area contributed by atoms with E-state index in [2.05, 4.69) is 20.2 Å². The van der Waals surface area contributed by atoms with Gasteiger partial charge in [0.15, 0.2) is 21.6 Å². The molecule has 1 saturated carbocycles. The minimum Gasteiger partial charge on any atom is -0.481 e. The van der Waals surface area contributed by atoms with Crippen molar-refractivity contribution in [1.82, 2.24) is 24.8 Å². The van der Waals surface area contributed by atoms with Gasteiger partial charge in [-0.1, -0.05) is 18.1 Å². The van der Waals surface area contributed by atoms with Crippen LogP contribution >= 0.6 is 11.8 Å². The van der Waals surface area contributed by atoms with E-state index in [1.165, 1.54) is 43.7 Å². The molecule has 1 amide bonds. The number of carbonyl (C=O) groups is 5. The summed E-state index contributed by atoms with van der Waals surface area (Å²) >= 11 is 1.55. The van der Waals surface area contributed by atoms with Crippen LogP contribution in [0, 0.1) is 11.8 Å². The molecular formula is C29H40N6O10S2. The van der Waals surface area contributed by atoms with E-state index < -0.39 is 66.4 Å². The van der Waals surface area contributed by atoms with Crippen molar-refractivity contribution in [3.05, 3.63) is 11.9 Å². The van der Waals surface area contributed by atoms with Gasteiger partial charge in [-0.3, -0.25) is 24.1 Å². The van der Waals surface area contributed by atoms with Crippen LogP contribution in [-0.4, -0.2) is 131 Å². The number of amides is 1. The number of hydrogen-bond acceptors (Lipinski definition) is 12. The van der Waals surface area contributed by atoms with Gasteiger partial charge in [-0.15, -0.1) is 16.9 Å². The number of esters is 1. The number of carboxylic acid groups (broad SMARTS) is 2. The summed E-state index contributed by atoms with van der Waals surface area (Å²) < 4.78 is 29.3. The summed E-state index contributed by atoms with van der Waals surface area (Å²) in [5.74, 6) is -5.87. The van der Waals surface area contributed by atoms with Crippen LogP contribution < -0.4 is 0 Å². The maximum absolute atomic E-state index is 12.8.